The van der Waals surface area contributed by atoms with Gasteiger partial charge in [0.25, 0.3) is 5.91 Å². The summed E-state index contributed by atoms with van der Waals surface area (Å²) in [6.45, 7) is 7.62. The van der Waals surface area contributed by atoms with Crippen molar-refractivity contribution < 1.29 is 19.1 Å². The molecular formula is C20H32IN5O4. The lowest BCUT2D eigenvalue weighted by Crippen LogP contribution is -2.63. The highest BCUT2D eigenvalue weighted by molar-refractivity contribution is 14.0. The summed E-state index contributed by atoms with van der Waals surface area (Å²) in [5.41, 5.74) is 0.0775. The first-order chi connectivity index (χ1) is 13.7. The van der Waals surface area contributed by atoms with E-state index in [1.165, 1.54) is 0 Å². The van der Waals surface area contributed by atoms with E-state index in [1.54, 1.807) is 43.3 Å². The quantitative estimate of drug-likeness (QED) is 0.223. The van der Waals surface area contributed by atoms with Gasteiger partial charge in [0.15, 0.2) is 5.96 Å². The molecule has 0 atom stereocenters. The van der Waals surface area contributed by atoms with Gasteiger partial charge in [-0.25, -0.2) is 4.79 Å². The molecule has 1 aliphatic heterocycles. The molecule has 1 saturated heterocycles. The van der Waals surface area contributed by atoms with Crippen LogP contribution in [0.4, 0.5) is 4.79 Å². The SMILES string of the molecule is CN=C(NCCNC(=O)c1ccc(OC)cc1)NC1CN(C(=O)OC(C)(C)C)C1.I. The molecule has 3 N–H and O–H groups in total. The van der Waals surface area contributed by atoms with Gasteiger partial charge < -0.3 is 30.3 Å². The van der Waals surface area contributed by atoms with Crippen LogP contribution in [-0.4, -0.2) is 74.8 Å². The van der Waals surface area contributed by atoms with Crippen LogP contribution in [0.5, 0.6) is 5.75 Å². The maximum atomic E-state index is 12.1. The van der Waals surface area contributed by atoms with Crippen LogP contribution in [-0.2, 0) is 4.74 Å². The van der Waals surface area contributed by atoms with Crippen LogP contribution in [0.1, 0.15) is 31.1 Å². The van der Waals surface area contributed by atoms with Gasteiger partial charge in [-0.05, 0) is 45.0 Å². The van der Waals surface area contributed by atoms with Crippen LogP contribution in [0.2, 0.25) is 0 Å². The Morgan fingerprint density at radius 1 is 1.13 bits per heavy atom. The van der Waals surface area contributed by atoms with Gasteiger partial charge in [0, 0.05) is 38.8 Å². The Kier molecular flexibility index (Phi) is 10.2. The first-order valence-corrected chi connectivity index (χ1v) is 9.59. The Hall–Kier alpha value is -2.24. The molecule has 2 amide bonds. The third kappa shape index (κ3) is 8.25. The highest BCUT2D eigenvalue weighted by Crippen LogP contribution is 2.15. The number of carbonyl (C=O) groups excluding carboxylic acids is 2. The summed E-state index contributed by atoms with van der Waals surface area (Å²) in [7, 11) is 3.26. The molecule has 0 aromatic heterocycles. The van der Waals surface area contributed by atoms with E-state index in [0.29, 0.717) is 43.5 Å². The van der Waals surface area contributed by atoms with Gasteiger partial charge in [0.05, 0.1) is 13.2 Å². The van der Waals surface area contributed by atoms with Gasteiger partial charge in [-0.1, -0.05) is 0 Å². The van der Waals surface area contributed by atoms with Crippen molar-refractivity contribution in [3.63, 3.8) is 0 Å². The molecule has 0 unspecified atom stereocenters. The average Bonchev–Trinajstić information content (AvgIpc) is 2.64. The second kappa shape index (κ2) is 11.8. The molecule has 1 heterocycles. The highest BCUT2D eigenvalue weighted by atomic mass is 127. The van der Waals surface area contributed by atoms with E-state index in [0.717, 1.165) is 0 Å². The van der Waals surface area contributed by atoms with Crippen molar-refractivity contribution in [1.29, 1.82) is 0 Å². The number of guanidine groups is 1. The zero-order valence-corrected chi connectivity index (χ0v) is 20.5. The van der Waals surface area contributed by atoms with Crippen molar-refractivity contribution in [3.8, 4) is 5.75 Å². The molecule has 0 saturated carbocycles. The maximum absolute atomic E-state index is 12.1. The van der Waals surface area contributed by atoms with Crippen LogP contribution in [0.3, 0.4) is 0 Å². The van der Waals surface area contributed by atoms with Crippen molar-refractivity contribution in [2.75, 3.05) is 40.3 Å². The molecular weight excluding hydrogens is 501 g/mol. The normalized spacial score (nSPS) is 14.2. The van der Waals surface area contributed by atoms with Crippen LogP contribution < -0.4 is 20.7 Å². The number of likely N-dealkylation sites (tertiary alicyclic amines) is 1. The van der Waals surface area contributed by atoms with Crippen LogP contribution in [0, 0.1) is 0 Å². The van der Waals surface area contributed by atoms with Gasteiger partial charge in [-0.3, -0.25) is 9.79 Å². The number of methoxy groups -OCH3 is 1. The van der Waals surface area contributed by atoms with Gasteiger partial charge >= 0.3 is 6.09 Å². The fourth-order valence-corrected chi connectivity index (χ4v) is 2.63. The fraction of sp³-hybridized carbons (Fsp3) is 0.550. The van der Waals surface area contributed by atoms with E-state index < -0.39 is 5.60 Å². The number of carbonyl (C=O) groups is 2. The van der Waals surface area contributed by atoms with Gasteiger partial charge in [-0.15, -0.1) is 24.0 Å². The number of rotatable bonds is 6. The van der Waals surface area contributed by atoms with Gasteiger partial charge in [-0.2, -0.15) is 0 Å². The van der Waals surface area contributed by atoms with Gasteiger partial charge in [0.2, 0.25) is 0 Å². The second-order valence-electron chi connectivity index (χ2n) is 7.71. The van der Waals surface area contributed by atoms with E-state index in [9.17, 15) is 9.59 Å². The molecule has 0 bridgehead atoms. The predicted molar refractivity (Wildman–Crippen MR) is 127 cm³/mol. The molecule has 30 heavy (non-hydrogen) atoms. The summed E-state index contributed by atoms with van der Waals surface area (Å²) in [6.07, 6.45) is -0.306. The Labute approximate surface area is 195 Å². The van der Waals surface area contributed by atoms with E-state index in [-0.39, 0.29) is 42.0 Å². The number of halogens is 1. The number of amides is 2. The van der Waals surface area contributed by atoms with E-state index in [1.807, 2.05) is 20.8 Å². The molecule has 1 aliphatic rings. The largest absolute Gasteiger partial charge is 0.497 e. The van der Waals surface area contributed by atoms with Crippen LogP contribution >= 0.6 is 24.0 Å². The minimum absolute atomic E-state index is 0. The third-order valence-electron chi connectivity index (χ3n) is 4.15. The summed E-state index contributed by atoms with van der Waals surface area (Å²) in [4.78, 5) is 29.9. The fourth-order valence-electron chi connectivity index (χ4n) is 2.63. The molecule has 0 spiro atoms. The minimum atomic E-state index is -0.497. The summed E-state index contributed by atoms with van der Waals surface area (Å²) >= 11 is 0. The number of hydrogen-bond donors (Lipinski definition) is 3. The zero-order chi connectivity index (χ0) is 21.4. The number of benzene rings is 1. The number of aliphatic imine (C=N–C) groups is 1. The summed E-state index contributed by atoms with van der Waals surface area (Å²) in [5, 5.41) is 9.24. The third-order valence-corrected chi connectivity index (χ3v) is 4.15. The molecule has 0 aliphatic carbocycles. The maximum Gasteiger partial charge on any atom is 0.410 e. The van der Waals surface area contributed by atoms with E-state index in [2.05, 4.69) is 20.9 Å². The van der Waals surface area contributed by atoms with E-state index >= 15 is 0 Å². The number of nitrogens with zero attached hydrogens (tertiary/aromatic N) is 2. The molecule has 1 aromatic carbocycles. The van der Waals surface area contributed by atoms with Crippen molar-refractivity contribution in [1.82, 2.24) is 20.9 Å². The van der Waals surface area contributed by atoms with Crippen molar-refractivity contribution in [2.24, 2.45) is 4.99 Å². The Morgan fingerprint density at radius 3 is 2.27 bits per heavy atom. The summed E-state index contributed by atoms with van der Waals surface area (Å²) in [6, 6.07) is 7.04. The Bertz CT molecular complexity index is 728. The first-order valence-electron chi connectivity index (χ1n) is 9.59. The lowest BCUT2D eigenvalue weighted by atomic mass is 10.1. The monoisotopic (exact) mass is 533 g/mol. The van der Waals surface area contributed by atoms with Gasteiger partial charge in [0.1, 0.15) is 11.4 Å². The highest BCUT2D eigenvalue weighted by Gasteiger charge is 2.34. The van der Waals surface area contributed by atoms with Crippen molar-refractivity contribution in [3.05, 3.63) is 29.8 Å². The standard InChI is InChI=1S/C20H31N5O4.HI/c1-20(2,3)29-19(27)25-12-15(13-25)24-18(21-4)23-11-10-22-17(26)14-6-8-16(28-5)9-7-14;/h6-9,15H,10-13H2,1-5H3,(H,22,26)(H2,21,23,24);1H. The predicted octanol–water partition coefficient (Wildman–Crippen LogP) is 1.83. The Morgan fingerprint density at radius 2 is 1.73 bits per heavy atom. The molecule has 1 fully saturated rings. The molecule has 168 valence electrons. The molecule has 10 heteroatoms. The van der Waals surface area contributed by atoms with Crippen LogP contribution in [0.15, 0.2) is 29.3 Å². The van der Waals surface area contributed by atoms with Crippen molar-refractivity contribution >= 4 is 41.9 Å². The molecule has 2 rings (SSSR count). The summed E-state index contributed by atoms with van der Waals surface area (Å²) in [5.74, 6) is 1.18. The topological polar surface area (TPSA) is 104 Å². The summed E-state index contributed by atoms with van der Waals surface area (Å²) < 4.78 is 10.4. The molecule has 9 nitrogen and oxygen atoms in total. The lowest BCUT2D eigenvalue weighted by molar-refractivity contribution is 0.00701. The molecule has 0 radical (unpaired) electrons. The molecule has 1 aromatic rings. The number of ether oxygens (including phenoxy) is 2. The van der Waals surface area contributed by atoms with Crippen LogP contribution in [0.25, 0.3) is 0 Å². The number of nitrogens with one attached hydrogen (secondary N) is 3. The minimum Gasteiger partial charge on any atom is -0.497 e. The lowest BCUT2D eigenvalue weighted by Gasteiger charge is -2.40. The zero-order valence-electron chi connectivity index (χ0n) is 18.2. The first kappa shape index (κ1) is 25.8. The average molecular weight is 533 g/mol. The van der Waals surface area contributed by atoms with E-state index in [4.69, 9.17) is 9.47 Å². The smallest absolute Gasteiger partial charge is 0.410 e. The second-order valence-corrected chi connectivity index (χ2v) is 7.71. The number of hydrogen-bond acceptors (Lipinski definition) is 5. The Balaban J connectivity index is 0.00000450. The van der Waals surface area contributed by atoms with Crippen molar-refractivity contribution in [2.45, 2.75) is 32.4 Å².